The molecule has 1 aliphatic carbocycles. The van der Waals surface area contributed by atoms with Crippen molar-refractivity contribution in [3.8, 4) is 22.8 Å². The lowest BCUT2D eigenvalue weighted by Gasteiger charge is -2.37. The Morgan fingerprint density at radius 1 is 1.03 bits per heavy atom. The van der Waals surface area contributed by atoms with E-state index in [0.717, 1.165) is 30.6 Å². The van der Waals surface area contributed by atoms with Crippen molar-refractivity contribution in [1.29, 1.82) is 0 Å². The van der Waals surface area contributed by atoms with Gasteiger partial charge in [-0.3, -0.25) is 9.59 Å². The largest absolute Gasteiger partial charge is 0.497 e. The van der Waals surface area contributed by atoms with Crippen molar-refractivity contribution in [2.75, 3.05) is 58.4 Å². The summed E-state index contributed by atoms with van der Waals surface area (Å²) in [5.41, 5.74) is 1.56. The SMILES string of the molecule is COc1ccc(-c2ccc(N3CCN(C(=O)CN(CC(C)C)C(=O)C4CCC4)CC3)nn2)c(OC)c1. The fourth-order valence-electron chi connectivity index (χ4n) is 4.68. The minimum absolute atomic E-state index is 0.0241. The van der Waals surface area contributed by atoms with Gasteiger partial charge in [0.1, 0.15) is 11.5 Å². The summed E-state index contributed by atoms with van der Waals surface area (Å²) in [5.74, 6) is 2.77. The molecule has 1 aliphatic heterocycles. The molecule has 0 N–H and O–H groups in total. The minimum atomic E-state index is 0.0241. The van der Waals surface area contributed by atoms with Crippen LogP contribution in [-0.2, 0) is 9.59 Å². The fraction of sp³-hybridized carbons (Fsp3) is 0.556. The molecule has 0 bridgehead atoms. The van der Waals surface area contributed by atoms with Crippen LogP contribution in [0, 0.1) is 11.8 Å². The van der Waals surface area contributed by atoms with Crippen LogP contribution in [0.25, 0.3) is 11.3 Å². The number of anilines is 1. The Bertz CT molecular complexity index is 1050. The average molecular weight is 496 g/mol. The molecule has 1 aromatic carbocycles. The summed E-state index contributed by atoms with van der Waals surface area (Å²) in [6, 6.07) is 9.48. The molecule has 36 heavy (non-hydrogen) atoms. The molecule has 1 saturated heterocycles. The van der Waals surface area contributed by atoms with Gasteiger partial charge in [-0.1, -0.05) is 20.3 Å². The lowest BCUT2D eigenvalue weighted by atomic mass is 9.84. The second kappa shape index (κ2) is 11.6. The molecule has 2 aliphatic rings. The van der Waals surface area contributed by atoms with E-state index in [1.165, 1.54) is 0 Å². The number of aromatic nitrogens is 2. The molecule has 1 aromatic heterocycles. The van der Waals surface area contributed by atoms with E-state index in [1.807, 2.05) is 35.2 Å². The summed E-state index contributed by atoms with van der Waals surface area (Å²) in [7, 11) is 3.24. The van der Waals surface area contributed by atoms with Crippen LogP contribution < -0.4 is 14.4 Å². The minimum Gasteiger partial charge on any atom is -0.497 e. The maximum Gasteiger partial charge on any atom is 0.242 e. The van der Waals surface area contributed by atoms with Gasteiger partial charge in [0.05, 0.1) is 26.5 Å². The number of piperazine rings is 1. The number of benzene rings is 1. The molecule has 0 radical (unpaired) electrons. The molecule has 2 fully saturated rings. The number of methoxy groups -OCH3 is 2. The summed E-state index contributed by atoms with van der Waals surface area (Å²) in [5, 5.41) is 8.86. The molecule has 0 unspecified atom stereocenters. The third kappa shape index (κ3) is 5.88. The maximum atomic E-state index is 13.0. The van der Waals surface area contributed by atoms with E-state index in [9.17, 15) is 9.59 Å². The maximum absolute atomic E-state index is 13.0. The Morgan fingerprint density at radius 2 is 1.78 bits per heavy atom. The second-order valence-electron chi connectivity index (χ2n) is 9.95. The molecule has 1 saturated carbocycles. The van der Waals surface area contributed by atoms with Crippen LogP contribution in [-0.4, -0.2) is 85.3 Å². The van der Waals surface area contributed by atoms with Crippen LogP contribution in [0.4, 0.5) is 5.82 Å². The number of carbonyl (C=O) groups excluding carboxylic acids is 2. The highest BCUT2D eigenvalue weighted by molar-refractivity contribution is 5.86. The Morgan fingerprint density at radius 3 is 2.33 bits per heavy atom. The van der Waals surface area contributed by atoms with Crippen LogP contribution >= 0.6 is 0 Å². The van der Waals surface area contributed by atoms with Crippen molar-refractivity contribution in [3.05, 3.63) is 30.3 Å². The number of hydrogen-bond acceptors (Lipinski definition) is 7. The van der Waals surface area contributed by atoms with E-state index in [2.05, 4.69) is 28.9 Å². The highest BCUT2D eigenvalue weighted by Crippen LogP contribution is 2.32. The first kappa shape index (κ1) is 25.7. The van der Waals surface area contributed by atoms with Gasteiger partial charge in [0.15, 0.2) is 5.82 Å². The van der Waals surface area contributed by atoms with Gasteiger partial charge >= 0.3 is 0 Å². The van der Waals surface area contributed by atoms with Gasteiger partial charge in [0, 0.05) is 50.3 Å². The van der Waals surface area contributed by atoms with Gasteiger partial charge in [-0.2, -0.15) is 0 Å². The lowest BCUT2D eigenvalue weighted by molar-refractivity contribution is -0.145. The van der Waals surface area contributed by atoms with E-state index in [-0.39, 0.29) is 24.3 Å². The van der Waals surface area contributed by atoms with Crippen LogP contribution in [0.1, 0.15) is 33.1 Å². The normalized spacial score (nSPS) is 16.0. The molecular formula is C27H37N5O4. The van der Waals surface area contributed by atoms with Gasteiger partial charge in [-0.05, 0) is 43.0 Å². The number of ether oxygens (including phenoxy) is 2. The third-order valence-electron chi connectivity index (χ3n) is 6.97. The first-order valence-corrected chi connectivity index (χ1v) is 12.8. The van der Waals surface area contributed by atoms with Gasteiger partial charge in [-0.25, -0.2) is 0 Å². The molecule has 2 heterocycles. The van der Waals surface area contributed by atoms with Gasteiger partial charge in [0.2, 0.25) is 11.8 Å². The van der Waals surface area contributed by atoms with Crippen molar-refractivity contribution in [2.45, 2.75) is 33.1 Å². The van der Waals surface area contributed by atoms with Gasteiger partial charge in [-0.15, -0.1) is 10.2 Å². The molecule has 2 amide bonds. The summed E-state index contributed by atoms with van der Waals surface area (Å²) in [6.07, 6.45) is 3.01. The van der Waals surface area contributed by atoms with Crippen LogP contribution in [0.3, 0.4) is 0 Å². The van der Waals surface area contributed by atoms with Gasteiger partial charge < -0.3 is 24.2 Å². The Labute approximate surface area is 213 Å². The van der Waals surface area contributed by atoms with E-state index in [1.54, 1.807) is 19.1 Å². The number of amides is 2. The van der Waals surface area contributed by atoms with Crippen molar-refractivity contribution in [1.82, 2.24) is 20.0 Å². The first-order valence-electron chi connectivity index (χ1n) is 12.8. The Balaban J connectivity index is 1.34. The molecular weight excluding hydrogens is 458 g/mol. The fourth-order valence-corrected chi connectivity index (χ4v) is 4.68. The third-order valence-corrected chi connectivity index (χ3v) is 6.97. The molecule has 0 atom stereocenters. The zero-order chi connectivity index (χ0) is 25.7. The number of nitrogens with zero attached hydrogens (tertiary/aromatic N) is 5. The predicted molar refractivity (Wildman–Crippen MR) is 138 cm³/mol. The van der Waals surface area contributed by atoms with Crippen LogP contribution in [0.15, 0.2) is 30.3 Å². The zero-order valence-electron chi connectivity index (χ0n) is 21.8. The number of hydrogen-bond donors (Lipinski definition) is 0. The zero-order valence-corrected chi connectivity index (χ0v) is 21.8. The molecule has 9 nitrogen and oxygen atoms in total. The highest BCUT2D eigenvalue weighted by atomic mass is 16.5. The molecule has 2 aromatic rings. The standard InChI is InChI=1S/C27H37N5O4/c1-19(2)17-32(27(34)20-6-5-7-20)18-26(33)31-14-12-30(13-15-31)25-11-10-23(28-29-25)22-9-8-21(35-3)16-24(22)36-4/h8-11,16,19-20H,5-7,12-15,17-18H2,1-4H3. The molecule has 9 heteroatoms. The monoisotopic (exact) mass is 495 g/mol. The predicted octanol–water partition coefficient (Wildman–Crippen LogP) is 3.09. The van der Waals surface area contributed by atoms with Crippen LogP contribution in [0.5, 0.6) is 11.5 Å². The first-order chi connectivity index (χ1) is 17.4. The summed E-state index contributed by atoms with van der Waals surface area (Å²) in [4.78, 5) is 31.7. The highest BCUT2D eigenvalue weighted by Gasteiger charge is 2.32. The molecule has 0 spiro atoms. The summed E-state index contributed by atoms with van der Waals surface area (Å²) >= 11 is 0. The molecule has 4 rings (SSSR count). The second-order valence-corrected chi connectivity index (χ2v) is 9.95. The smallest absolute Gasteiger partial charge is 0.242 e. The molecule has 194 valence electrons. The van der Waals surface area contributed by atoms with Crippen molar-refractivity contribution in [3.63, 3.8) is 0 Å². The average Bonchev–Trinajstić information content (AvgIpc) is 2.86. The van der Waals surface area contributed by atoms with Gasteiger partial charge in [0.25, 0.3) is 0 Å². The van der Waals surface area contributed by atoms with E-state index >= 15 is 0 Å². The summed E-state index contributed by atoms with van der Waals surface area (Å²) < 4.78 is 10.8. The van der Waals surface area contributed by atoms with Crippen molar-refractivity contribution >= 4 is 17.6 Å². The van der Waals surface area contributed by atoms with Crippen molar-refractivity contribution in [2.24, 2.45) is 11.8 Å². The van der Waals surface area contributed by atoms with Crippen LogP contribution in [0.2, 0.25) is 0 Å². The number of rotatable bonds is 9. The summed E-state index contributed by atoms with van der Waals surface area (Å²) in [6.45, 7) is 7.51. The topological polar surface area (TPSA) is 88.1 Å². The van der Waals surface area contributed by atoms with E-state index < -0.39 is 0 Å². The van der Waals surface area contributed by atoms with Crippen molar-refractivity contribution < 1.29 is 19.1 Å². The Kier molecular flexibility index (Phi) is 8.28. The quantitative estimate of drug-likeness (QED) is 0.528. The van der Waals surface area contributed by atoms with E-state index in [4.69, 9.17) is 9.47 Å². The lowest BCUT2D eigenvalue weighted by Crippen LogP contribution is -2.53. The van der Waals surface area contributed by atoms with E-state index in [0.29, 0.717) is 55.8 Å². The Hall–Kier alpha value is -3.36. The number of carbonyl (C=O) groups is 2.